The molecule has 0 amide bonds. The molecule has 2 rings (SSSR count). The second kappa shape index (κ2) is 7.45. The van der Waals surface area contributed by atoms with Crippen LogP contribution in [0.25, 0.3) is 0 Å². The van der Waals surface area contributed by atoms with Gasteiger partial charge >= 0.3 is 0 Å². The summed E-state index contributed by atoms with van der Waals surface area (Å²) < 4.78 is 6.83. The second-order valence-electron chi connectivity index (χ2n) is 7.48. The van der Waals surface area contributed by atoms with Gasteiger partial charge in [-0.25, -0.2) is 0 Å². The Labute approximate surface area is 147 Å². The van der Waals surface area contributed by atoms with Gasteiger partial charge in [0.1, 0.15) is 6.29 Å². The molecular weight excluding hydrogens is 312 g/mol. The van der Waals surface area contributed by atoms with Crippen molar-refractivity contribution in [1.82, 2.24) is 0 Å². The van der Waals surface area contributed by atoms with Crippen molar-refractivity contribution in [3.63, 3.8) is 0 Å². The normalized spacial score (nSPS) is 14.9. The Morgan fingerprint density at radius 1 is 0.875 bits per heavy atom. The van der Waals surface area contributed by atoms with E-state index in [-0.39, 0.29) is 17.1 Å². The number of carbonyl (C=O) groups excluding carboxylic acids is 1. The fourth-order valence-corrected chi connectivity index (χ4v) is 7.98. The molecule has 2 aromatic carbocycles. The molecule has 0 unspecified atom stereocenters. The van der Waals surface area contributed by atoms with Crippen LogP contribution in [0.1, 0.15) is 34.6 Å². The van der Waals surface area contributed by atoms with E-state index >= 15 is 0 Å². The maximum atomic E-state index is 11.3. The van der Waals surface area contributed by atoms with Gasteiger partial charge in [-0.15, -0.1) is 0 Å². The molecule has 0 N–H and O–H groups in total. The molecule has 3 heteroatoms. The van der Waals surface area contributed by atoms with Crippen LogP contribution in [-0.4, -0.2) is 20.7 Å². The number of carbonyl (C=O) groups is 1. The number of benzene rings is 2. The lowest BCUT2D eigenvalue weighted by Gasteiger charge is -2.45. The molecule has 0 aliphatic heterocycles. The molecule has 0 heterocycles. The minimum atomic E-state index is -2.55. The van der Waals surface area contributed by atoms with E-state index in [9.17, 15) is 4.79 Å². The van der Waals surface area contributed by atoms with Gasteiger partial charge in [0.05, 0.1) is 6.10 Å². The van der Waals surface area contributed by atoms with Crippen molar-refractivity contribution in [3.8, 4) is 0 Å². The second-order valence-corrected chi connectivity index (χ2v) is 11.7. The summed E-state index contributed by atoms with van der Waals surface area (Å²) >= 11 is 0. The number of aldehydes is 1. The van der Waals surface area contributed by atoms with Crippen molar-refractivity contribution in [1.29, 1.82) is 0 Å². The van der Waals surface area contributed by atoms with Crippen LogP contribution < -0.4 is 10.4 Å². The predicted molar refractivity (Wildman–Crippen MR) is 103 cm³/mol. The van der Waals surface area contributed by atoms with Gasteiger partial charge in [-0.2, -0.15) is 0 Å². The Morgan fingerprint density at radius 2 is 1.29 bits per heavy atom. The summed E-state index contributed by atoms with van der Waals surface area (Å²) in [6.45, 7) is 10.7. The highest BCUT2D eigenvalue weighted by molar-refractivity contribution is 6.99. The van der Waals surface area contributed by atoms with Crippen molar-refractivity contribution in [2.24, 2.45) is 5.92 Å². The molecule has 128 valence electrons. The molecule has 0 aliphatic carbocycles. The van der Waals surface area contributed by atoms with E-state index < -0.39 is 8.32 Å². The Bertz CT molecular complexity index is 607. The zero-order valence-corrected chi connectivity index (χ0v) is 16.3. The van der Waals surface area contributed by atoms with E-state index in [1.165, 1.54) is 10.4 Å². The van der Waals surface area contributed by atoms with Crippen molar-refractivity contribution in [3.05, 3.63) is 60.7 Å². The third kappa shape index (κ3) is 3.52. The van der Waals surface area contributed by atoms with Gasteiger partial charge in [0, 0.05) is 5.92 Å². The van der Waals surface area contributed by atoms with Crippen molar-refractivity contribution < 1.29 is 9.22 Å². The van der Waals surface area contributed by atoms with Crippen LogP contribution in [-0.2, 0) is 9.22 Å². The molecule has 0 fully saturated rings. The Hall–Kier alpha value is -1.71. The summed E-state index contributed by atoms with van der Waals surface area (Å²) in [7, 11) is -2.55. The first-order valence-corrected chi connectivity index (χ1v) is 10.5. The number of hydrogen-bond donors (Lipinski definition) is 0. The first-order valence-electron chi connectivity index (χ1n) is 8.57. The molecule has 2 atom stereocenters. The van der Waals surface area contributed by atoms with Crippen LogP contribution in [0, 0.1) is 5.92 Å². The van der Waals surface area contributed by atoms with E-state index in [1.807, 2.05) is 26.0 Å². The molecule has 2 nitrogen and oxygen atoms in total. The van der Waals surface area contributed by atoms with E-state index in [1.54, 1.807) is 0 Å². The Kier molecular flexibility index (Phi) is 5.78. The standard InChI is InChI=1S/C21H28O2Si/c1-17(16-22)18(2)23-24(21(3,4)5,19-12-8-6-9-13-19)20-14-10-7-11-15-20/h6-18H,1-5H3/t17-,18-/m1/s1. The average Bonchev–Trinajstić information content (AvgIpc) is 2.59. The number of hydrogen-bond acceptors (Lipinski definition) is 2. The van der Waals surface area contributed by atoms with E-state index in [2.05, 4.69) is 69.3 Å². The number of rotatable bonds is 6. The van der Waals surface area contributed by atoms with Crippen LogP contribution in [0.2, 0.25) is 5.04 Å². The highest BCUT2D eigenvalue weighted by atomic mass is 28.4. The van der Waals surface area contributed by atoms with Gasteiger partial charge in [-0.3, -0.25) is 0 Å². The average molecular weight is 341 g/mol. The van der Waals surface area contributed by atoms with E-state index in [0.29, 0.717) is 0 Å². The monoisotopic (exact) mass is 340 g/mol. The molecule has 24 heavy (non-hydrogen) atoms. The summed E-state index contributed by atoms with van der Waals surface area (Å²) in [6, 6.07) is 21.0. The van der Waals surface area contributed by atoms with Crippen LogP contribution >= 0.6 is 0 Å². The van der Waals surface area contributed by atoms with E-state index in [0.717, 1.165) is 6.29 Å². The third-order valence-corrected chi connectivity index (χ3v) is 9.87. The summed E-state index contributed by atoms with van der Waals surface area (Å²) in [5.41, 5.74) is 0. The lowest BCUT2D eigenvalue weighted by molar-refractivity contribution is -0.112. The van der Waals surface area contributed by atoms with Gasteiger partial charge in [0.15, 0.2) is 0 Å². The Balaban J connectivity index is 2.68. The summed E-state index contributed by atoms with van der Waals surface area (Å²) in [5.74, 6) is -0.133. The summed E-state index contributed by atoms with van der Waals surface area (Å²) in [6.07, 6.45) is 0.858. The zero-order chi connectivity index (χ0) is 17.8. The summed E-state index contributed by atoms with van der Waals surface area (Å²) in [4.78, 5) is 11.3. The van der Waals surface area contributed by atoms with Crippen LogP contribution in [0.4, 0.5) is 0 Å². The van der Waals surface area contributed by atoms with Crippen LogP contribution in [0.5, 0.6) is 0 Å². The van der Waals surface area contributed by atoms with Crippen LogP contribution in [0.3, 0.4) is 0 Å². The fraction of sp³-hybridized carbons (Fsp3) is 0.381. The molecule has 0 aromatic heterocycles. The molecule has 0 radical (unpaired) electrons. The fourth-order valence-electron chi connectivity index (χ4n) is 3.19. The minimum Gasteiger partial charge on any atom is -0.404 e. The molecule has 0 aliphatic rings. The molecule has 0 spiro atoms. The molecule has 0 saturated heterocycles. The van der Waals surface area contributed by atoms with Gasteiger partial charge < -0.3 is 9.22 Å². The largest absolute Gasteiger partial charge is 0.404 e. The van der Waals surface area contributed by atoms with Gasteiger partial charge in [0.2, 0.25) is 0 Å². The Morgan fingerprint density at radius 3 is 1.62 bits per heavy atom. The highest BCUT2D eigenvalue weighted by Gasteiger charge is 2.51. The molecular formula is C21H28O2Si. The lowest BCUT2D eigenvalue weighted by Crippen LogP contribution is -2.67. The molecule has 0 saturated carbocycles. The predicted octanol–water partition coefficient (Wildman–Crippen LogP) is 3.79. The van der Waals surface area contributed by atoms with E-state index in [4.69, 9.17) is 4.43 Å². The van der Waals surface area contributed by atoms with Gasteiger partial charge in [-0.05, 0) is 22.3 Å². The maximum absolute atomic E-state index is 11.3. The zero-order valence-electron chi connectivity index (χ0n) is 15.3. The SMILES string of the molecule is C[C@H](C=O)[C@@H](C)O[Si](c1ccccc1)(c1ccccc1)C(C)(C)C. The van der Waals surface area contributed by atoms with Crippen molar-refractivity contribution in [2.45, 2.75) is 45.8 Å². The molecule has 0 bridgehead atoms. The van der Waals surface area contributed by atoms with Crippen molar-refractivity contribution >= 4 is 25.0 Å². The van der Waals surface area contributed by atoms with Gasteiger partial charge in [-0.1, -0.05) is 88.4 Å². The smallest absolute Gasteiger partial charge is 0.261 e. The first-order chi connectivity index (χ1) is 11.3. The topological polar surface area (TPSA) is 26.3 Å². The maximum Gasteiger partial charge on any atom is 0.261 e. The summed E-state index contributed by atoms with van der Waals surface area (Å²) in [5, 5.41) is 2.43. The molecule has 2 aromatic rings. The van der Waals surface area contributed by atoms with Crippen molar-refractivity contribution in [2.75, 3.05) is 0 Å². The van der Waals surface area contributed by atoms with Gasteiger partial charge in [0.25, 0.3) is 8.32 Å². The minimum absolute atomic E-state index is 0.0629. The highest BCUT2D eigenvalue weighted by Crippen LogP contribution is 2.38. The third-order valence-electron chi connectivity index (χ3n) is 4.73. The first kappa shape index (κ1) is 18.6. The lowest BCUT2D eigenvalue weighted by atomic mass is 10.1. The van der Waals surface area contributed by atoms with Crippen LogP contribution in [0.15, 0.2) is 60.7 Å². The quantitative estimate of drug-likeness (QED) is 0.591.